The Balaban J connectivity index is 2.89. The number of nitriles is 1. The Morgan fingerprint density at radius 2 is 0.889 bits per heavy atom. The first-order chi connectivity index (χ1) is 8.91. The minimum absolute atomic E-state index is 0.743. The van der Waals surface area contributed by atoms with Gasteiger partial charge in [0, 0.05) is 6.42 Å². The summed E-state index contributed by atoms with van der Waals surface area (Å²) in [6.45, 7) is 0. The van der Waals surface area contributed by atoms with Crippen LogP contribution in [0.2, 0.25) is 0 Å². The number of rotatable bonds is 14. The Morgan fingerprint density at radius 3 is 1.22 bits per heavy atom. The normalized spacial score (nSPS) is 10.4. The van der Waals surface area contributed by atoms with Crippen molar-refractivity contribution in [3.8, 4) is 6.07 Å². The zero-order valence-corrected chi connectivity index (χ0v) is 12.9. The molecule has 0 N–H and O–H groups in total. The average molecular weight is 269 g/mol. The van der Waals surface area contributed by atoms with Crippen LogP contribution in [0.1, 0.15) is 89.9 Å². The van der Waals surface area contributed by atoms with Crippen LogP contribution in [0.25, 0.3) is 0 Å². The standard InChI is InChI=1S/C16H31NS/c17-15-13-11-9-7-5-3-1-2-4-6-8-10-12-14-16-18/h18H,1-14,16H2. The Bertz CT molecular complexity index is 186. The van der Waals surface area contributed by atoms with Gasteiger partial charge in [0.15, 0.2) is 0 Å². The van der Waals surface area contributed by atoms with Crippen molar-refractivity contribution in [2.24, 2.45) is 0 Å². The highest BCUT2D eigenvalue weighted by Crippen LogP contribution is 2.12. The van der Waals surface area contributed by atoms with Gasteiger partial charge in [0.1, 0.15) is 0 Å². The van der Waals surface area contributed by atoms with E-state index in [4.69, 9.17) is 5.26 Å². The lowest BCUT2D eigenvalue weighted by atomic mass is 10.0. The Hall–Kier alpha value is -0.160. The lowest BCUT2D eigenvalue weighted by Crippen LogP contribution is -1.83. The van der Waals surface area contributed by atoms with Crippen molar-refractivity contribution in [1.82, 2.24) is 0 Å². The molecule has 0 unspecified atom stereocenters. The Kier molecular flexibility index (Phi) is 16.7. The predicted molar refractivity (Wildman–Crippen MR) is 84.1 cm³/mol. The summed E-state index contributed by atoms with van der Waals surface area (Å²) in [4.78, 5) is 0. The second-order valence-corrected chi connectivity index (χ2v) is 5.68. The van der Waals surface area contributed by atoms with Gasteiger partial charge in [-0.15, -0.1) is 0 Å². The monoisotopic (exact) mass is 269 g/mol. The molecule has 0 aliphatic heterocycles. The molecule has 0 saturated carbocycles. The van der Waals surface area contributed by atoms with Gasteiger partial charge in [-0.2, -0.15) is 17.9 Å². The molecule has 0 aromatic rings. The van der Waals surface area contributed by atoms with Crippen molar-refractivity contribution in [3.63, 3.8) is 0 Å². The van der Waals surface area contributed by atoms with E-state index in [0.717, 1.165) is 18.6 Å². The van der Waals surface area contributed by atoms with Crippen molar-refractivity contribution in [2.75, 3.05) is 5.75 Å². The van der Waals surface area contributed by atoms with Gasteiger partial charge >= 0.3 is 0 Å². The van der Waals surface area contributed by atoms with Crippen LogP contribution in [0.15, 0.2) is 0 Å². The largest absolute Gasteiger partial charge is 0.198 e. The van der Waals surface area contributed by atoms with Crippen molar-refractivity contribution in [1.29, 1.82) is 5.26 Å². The molecule has 0 aliphatic rings. The topological polar surface area (TPSA) is 23.8 Å². The van der Waals surface area contributed by atoms with Crippen LogP contribution in [0, 0.1) is 11.3 Å². The second kappa shape index (κ2) is 16.8. The van der Waals surface area contributed by atoms with E-state index in [1.807, 2.05) is 0 Å². The zero-order chi connectivity index (χ0) is 13.3. The fraction of sp³-hybridized carbons (Fsp3) is 0.938. The summed E-state index contributed by atoms with van der Waals surface area (Å²) in [5, 5.41) is 8.40. The van der Waals surface area contributed by atoms with Crippen LogP contribution >= 0.6 is 12.6 Å². The van der Waals surface area contributed by atoms with Crippen LogP contribution in [-0.2, 0) is 0 Å². The smallest absolute Gasteiger partial charge is 0.0621 e. The van der Waals surface area contributed by atoms with E-state index in [0.29, 0.717) is 0 Å². The molecule has 0 aromatic heterocycles. The molecule has 0 fully saturated rings. The number of nitrogens with zero attached hydrogens (tertiary/aromatic N) is 1. The van der Waals surface area contributed by atoms with Gasteiger partial charge in [0.05, 0.1) is 6.07 Å². The molecule has 0 spiro atoms. The van der Waals surface area contributed by atoms with Gasteiger partial charge in [-0.25, -0.2) is 0 Å². The molecule has 0 aromatic carbocycles. The van der Waals surface area contributed by atoms with E-state index in [-0.39, 0.29) is 0 Å². The Labute approximate surface area is 120 Å². The molecular weight excluding hydrogens is 238 g/mol. The maximum Gasteiger partial charge on any atom is 0.0621 e. The number of hydrogen-bond donors (Lipinski definition) is 1. The fourth-order valence-electron chi connectivity index (χ4n) is 2.26. The number of hydrogen-bond acceptors (Lipinski definition) is 2. The first kappa shape index (κ1) is 17.8. The maximum atomic E-state index is 8.40. The Morgan fingerprint density at radius 1 is 0.556 bits per heavy atom. The van der Waals surface area contributed by atoms with Crippen molar-refractivity contribution >= 4 is 12.6 Å². The molecule has 0 heterocycles. The molecule has 1 nitrogen and oxygen atoms in total. The molecule has 2 heteroatoms. The first-order valence-corrected chi connectivity index (χ1v) is 8.53. The van der Waals surface area contributed by atoms with Crippen molar-refractivity contribution in [2.45, 2.75) is 89.9 Å². The van der Waals surface area contributed by atoms with Gasteiger partial charge in [0.2, 0.25) is 0 Å². The molecule has 0 amide bonds. The summed E-state index contributed by atoms with van der Waals surface area (Å²) in [6, 6.07) is 2.21. The van der Waals surface area contributed by atoms with Gasteiger partial charge in [-0.05, 0) is 18.6 Å². The lowest BCUT2D eigenvalue weighted by Gasteiger charge is -2.02. The van der Waals surface area contributed by atoms with E-state index >= 15 is 0 Å². The van der Waals surface area contributed by atoms with Crippen molar-refractivity contribution in [3.05, 3.63) is 0 Å². The average Bonchev–Trinajstić information content (AvgIpc) is 2.39. The minimum Gasteiger partial charge on any atom is -0.198 e. The van der Waals surface area contributed by atoms with Crippen LogP contribution in [0.4, 0.5) is 0 Å². The van der Waals surface area contributed by atoms with Gasteiger partial charge < -0.3 is 0 Å². The van der Waals surface area contributed by atoms with Gasteiger partial charge in [-0.1, -0.05) is 70.6 Å². The molecule has 0 bridgehead atoms. The summed E-state index contributed by atoms with van der Waals surface area (Å²) in [5.74, 6) is 1.05. The third kappa shape index (κ3) is 15.8. The summed E-state index contributed by atoms with van der Waals surface area (Å²) in [5.41, 5.74) is 0. The summed E-state index contributed by atoms with van der Waals surface area (Å²) >= 11 is 4.22. The van der Waals surface area contributed by atoms with E-state index in [9.17, 15) is 0 Å². The van der Waals surface area contributed by atoms with Gasteiger partial charge in [-0.3, -0.25) is 0 Å². The van der Waals surface area contributed by atoms with E-state index in [1.165, 1.54) is 77.0 Å². The molecule has 0 aliphatic carbocycles. The summed E-state index contributed by atoms with van der Waals surface area (Å²) in [6.07, 6.45) is 18.3. The second-order valence-electron chi connectivity index (χ2n) is 5.23. The molecule has 18 heavy (non-hydrogen) atoms. The number of unbranched alkanes of at least 4 members (excludes halogenated alkanes) is 13. The van der Waals surface area contributed by atoms with Crippen molar-refractivity contribution < 1.29 is 0 Å². The van der Waals surface area contributed by atoms with Crippen LogP contribution in [0.3, 0.4) is 0 Å². The summed E-state index contributed by atoms with van der Waals surface area (Å²) < 4.78 is 0. The summed E-state index contributed by atoms with van der Waals surface area (Å²) in [7, 11) is 0. The SMILES string of the molecule is N#CCCCCCCCCCCCCCCCS. The highest BCUT2D eigenvalue weighted by Gasteiger charge is 1.93. The third-order valence-corrected chi connectivity index (χ3v) is 3.76. The van der Waals surface area contributed by atoms with E-state index in [1.54, 1.807) is 0 Å². The molecule has 0 saturated heterocycles. The van der Waals surface area contributed by atoms with Crippen LogP contribution in [0.5, 0.6) is 0 Å². The lowest BCUT2D eigenvalue weighted by molar-refractivity contribution is 0.541. The highest BCUT2D eigenvalue weighted by molar-refractivity contribution is 7.80. The minimum atomic E-state index is 0.743. The predicted octanol–water partition coefficient (Wildman–Crippen LogP) is 5.90. The molecule has 0 atom stereocenters. The molecule has 0 rings (SSSR count). The van der Waals surface area contributed by atoms with Crippen LogP contribution < -0.4 is 0 Å². The maximum absolute atomic E-state index is 8.40. The third-order valence-electron chi connectivity index (χ3n) is 3.45. The molecular formula is C16H31NS. The van der Waals surface area contributed by atoms with E-state index < -0.39 is 0 Å². The number of thiol groups is 1. The highest BCUT2D eigenvalue weighted by atomic mass is 32.1. The quantitative estimate of drug-likeness (QED) is 0.308. The molecule has 0 radical (unpaired) electrons. The van der Waals surface area contributed by atoms with Crippen LogP contribution in [-0.4, -0.2) is 5.75 Å². The van der Waals surface area contributed by atoms with Gasteiger partial charge in [0.25, 0.3) is 0 Å². The fourth-order valence-corrected chi connectivity index (χ4v) is 2.48. The zero-order valence-electron chi connectivity index (χ0n) is 12.0. The van der Waals surface area contributed by atoms with E-state index in [2.05, 4.69) is 18.7 Å². The first-order valence-electron chi connectivity index (χ1n) is 7.89. The molecule has 106 valence electrons.